The summed E-state index contributed by atoms with van der Waals surface area (Å²) in [6, 6.07) is 0. The quantitative estimate of drug-likeness (QED) is 0.486. The molecule has 2 heteroatoms. The first kappa shape index (κ1) is 7.08. The van der Waals surface area contributed by atoms with Gasteiger partial charge in [-0.1, -0.05) is 12.7 Å². The van der Waals surface area contributed by atoms with Crippen molar-refractivity contribution in [2.75, 3.05) is 0 Å². The minimum atomic E-state index is -0.512. The highest BCUT2D eigenvalue weighted by Gasteiger charge is 1.79. The van der Waals surface area contributed by atoms with Gasteiger partial charge >= 0.3 is 0 Å². The van der Waals surface area contributed by atoms with Gasteiger partial charge in [-0.2, -0.15) is 4.39 Å². The van der Waals surface area contributed by atoms with Gasteiger partial charge in [0.15, 0.2) is 0 Å². The van der Waals surface area contributed by atoms with Crippen molar-refractivity contribution in [3.8, 4) is 0 Å². The number of rotatable bonds is 2. The Balaban J connectivity index is 3.79. The van der Waals surface area contributed by atoms with Crippen LogP contribution in [0.5, 0.6) is 0 Å². The second-order valence-corrected chi connectivity index (χ2v) is 1.13. The van der Waals surface area contributed by atoms with Gasteiger partial charge in [0, 0.05) is 6.20 Å². The Kier molecular flexibility index (Phi) is 3.76. The van der Waals surface area contributed by atoms with Gasteiger partial charge in [-0.05, 0) is 13.0 Å². The first-order chi connectivity index (χ1) is 3.81. The number of nitrogens with zero attached hydrogens (tertiary/aromatic N) is 1. The molecular formula is C6H8FN. The first-order valence-electron chi connectivity index (χ1n) is 2.28. The molecule has 0 atom stereocenters. The van der Waals surface area contributed by atoms with E-state index in [0.29, 0.717) is 0 Å². The first-order valence-corrected chi connectivity index (χ1v) is 2.28. The second-order valence-electron chi connectivity index (χ2n) is 1.13. The molecule has 0 aliphatic heterocycles. The lowest BCUT2D eigenvalue weighted by Crippen LogP contribution is -1.76. The van der Waals surface area contributed by atoms with Crippen molar-refractivity contribution >= 4 is 5.97 Å². The zero-order valence-electron chi connectivity index (χ0n) is 4.76. The molecule has 1 nitrogen and oxygen atoms in total. The molecule has 0 N–H and O–H groups in total. The molecule has 0 aromatic carbocycles. The molecule has 0 radical (unpaired) electrons. The van der Waals surface area contributed by atoms with Crippen molar-refractivity contribution in [1.82, 2.24) is 0 Å². The van der Waals surface area contributed by atoms with Crippen LogP contribution in [0.3, 0.4) is 0 Å². The van der Waals surface area contributed by atoms with Gasteiger partial charge in [-0.3, -0.25) is 0 Å². The largest absolute Gasteiger partial charge is 0.229 e. The predicted octanol–water partition coefficient (Wildman–Crippen LogP) is 2.07. The average molecular weight is 113 g/mol. The Bertz CT molecular complexity index is 124. The van der Waals surface area contributed by atoms with Crippen molar-refractivity contribution in [2.45, 2.75) is 6.92 Å². The fourth-order valence-electron chi connectivity index (χ4n) is 0.268. The molecule has 0 aromatic heterocycles. The molecular weight excluding hydrogens is 105 g/mol. The minimum absolute atomic E-state index is 0.512. The molecule has 0 aromatic rings. The Morgan fingerprint density at radius 1 is 1.75 bits per heavy atom. The maximum absolute atomic E-state index is 12.0. The topological polar surface area (TPSA) is 12.4 Å². The van der Waals surface area contributed by atoms with Crippen molar-refractivity contribution in [1.29, 1.82) is 0 Å². The zero-order valence-corrected chi connectivity index (χ0v) is 4.76. The minimum Gasteiger partial charge on any atom is -0.229 e. The lowest BCUT2D eigenvalue weighted by Gasteiger charge is -1.76. The third kappa shape index (κ3) is 3.28. The predicted molar refractivity (Wildman–Crippen MR) is 33.6 cm³/mol. The van der Waals surface area contributed by atoms with E-state index in [-0.39, 0.29) is 0 Å². The average Bonchev–Trinajstić information content (AvgIpc) is 1.68. The number of allylic oxidation sites excluding steroid dienone is 2. The maximum Gasteiger partial charge on any atom is 0.212 e. The normalized spacial score (nSPS) is 12.5. The molecule has 0 saturated carbocycles. The van der Waals surface area contributed by atoms with E-state index in [1.54, 1.807) is 13.0 Å². The summed E-state index contributed by atoms with van der Waals surface area (Å²) in [5, 5.41) is 0. The summed E-state index contributed by atoms with van der Waals surface area (Å²) in [5.74, 6) is -0.512. The summed E-state index contributed by atoms with van der Waals surface area (Å²) in [5.41, 5.74) is 0. The summed E-state index contributed by atoms with van der Waals surface area (Å²) in [6.45, 7) is 4.94. The molecule has 0 heterocycles. The van der Waals surface area contributed by atoms with Crippen LogP contribution in [0.1, 0.15) is 6.92 Å². The third-order valence-electron chi connectivity index (χ3n) is 0.519. The van der Waals surface area contributed by atoms with Gasteiger partial charge in [-0.15, -0.1) is 0 Å². The van der Waals surface area contributed by atoms with E-state index < -0.39 is 5.97 Å². The monoisotopic (exact) mass is 113 g/mol. The number of aliphatic imine (C=N–C) groups is 1. The summed E-state index contributed by atoms with van der Waals surface area (Å²) >= 11 is 0. The zero-order chi connectivity index (χ0) is 6.41. The molecule has 8 heavy (non-hydrogen) atoms. The molecule has 0 spiro atoms. The standard InChI is InChI=1S/C6H8FN/c1-3-5-6(7)8-4-2/h3-5H,2H2,1H3/b5-3-,8-6+. The van der Waals surface area contributed by atoms with Crippen LogP contribution in [-0.2, 0) is 0 Å². The molecule has 0 aliphatic rings. The third-order valence-corrected chi connectivity index (χ3v) is 0.519. The lowest BCUT2D eigenvalue weighted by molar-refractivity contribution is 0.812. The summed E-state index contributed by atoms with van der Waals surface area (Å²) in [6.07, 6.45) is 4.00. The summed E-state index contributed by atoms with van der Waals surface area (Å²) in [4.78, 5) is 3.24. The summed E-state index contributed by atoms with van der Waals surface area (Å²) in [7, 11) is 0. The molecule has 0 fully saturated rings. The molecule has 44 valence electrons. The Hall–Kier alpha value is -0.920. The molecule has 0 saturated heterocycles. The van der Waals surface area contributed by atoms with Crippen LogP contribution >= 0.6 is 0 Å². The van der Waals surface area contributed by atoms with Gasteiger partial charge in [0.05, 0.1) is 0 Å². The Labute approximate surface area is 48.2 Å². The molecule has 0 unspecified atom stereocenters. The van der Waals surface area contributed by atoms with E-state index >= 15 is 0 Å². The van der Waals surface area contributed by atoms with Gasteiger partial charge in [0.25, 0.3) is 0 Å². The summed E-state index contributed by atoms with van der Waals surface area (Å²) < 4.78 is 12.0. The second kappa shape index (κ2) is 4.24. The van der Waals surface area contributed by atoms with Crippen molar-refractivity contribution in [3.63, 3.8) is 0 Å². The van der Waals surface area contributed by atoms with E-state index in [0.717, 1.165) is 6.20 Å². The van der Waals surface area contributed by atoms with Crippen LogP contribution in [-0.4, -0.2) is 5.97 Å². The van der Waals surface area contributed by atoms with Crippen LogP contribution in [0.15, 0.2) is 29.9 Å². The highest BCUT2D eigenvalue weighted by atomic mass is 19.1. The van der Waals surface area contributed by atoms with Crippen LogP contribution in [0.4, 0.5) is 4.39 Å². The fourth-order valence-corrected chi connectivity index (χ4v) is 0.268. The van der Waals surface area contributed by atoms with E-state index in [4.69, 9.17) is 0 Å². The highest BCUT2D eigenvalue weighted by Crippen LogP contribution is 1.83. The van der Waals surface area contributed by atoms with Gasteiger partial charge in [0.1, 0.15) is 0 Å². The van der Waals surface area contributed by atoms with Crippen LogP contribution in [0, 0.1) is 0 Å². The van der Waals surface area contributed by atoms with E-state index in [2.05, 4.69) is 11.6 Å². The fraction of sp³-hybridized carbons (Fsp3) is 0.167. The van der Waals surface area contributed by atoms with E-state index in [1.807, 2.05) is 0 Å². The number of halogens is 1. The van der Waals surface area contributed by atoms with Crippen LogP contribution < -0.4 is 0 Å². The molecule has 0 amide bonds. The smallest absolute Gasteiger partial charge is 0.212 e. The Morgan fingerprint density at radius 3 is 2.75 bits per heavy atom. The molecule has 0 aliphatic carbocycles. The van der Waals surface area contributed by atoms with Crippen LogP contribution in [0.2, 0.25) is 0 Å². The lowest BCUT2D eigenvalue weighted by atomic mass is 10.5. The van der Waals surface area contributed by atoms with E-state index in [1.165, 1.54) is 6.08 Å². The van der Waals surface area contributed by atoms with Gasteiger partial charge in [0.2, 0.25) is 5.97 Å². The molecule has 0 bridgehead atoms. The molecule has 0 rings (SSSR count). The van der Waals surface area contributed by atoms with E-state index in [9.17, 15) is 4.39 Å². The van der Waals surface area contributed by atoms with Crippen molar-refractivity contribution in [3.05, 3.63) is 24.9 Å². The highest BCUT2D eigenvalue weighted by molar-refractivity contribution is 5.86. The van der Waals surface area contributed by atoms with Crippen molar-refractivity contribution < 1.29 is 4.39 Å². The Morgan fingerprint density at radius 2 is 2.38 bits per heavy atom. The number of hydrogen-bond donors (Lipinski definition) is 0. The van der Waals surface area contributed by atoms with Gasteiger partial charge < -0.3 is 0 Å². The van der Waals surface area contributed by atoms with Crippen molar-refractivity contribution in [2.24, 2.45) is 4.99 Å². The number of hydrogen-bond acceptors (Lipinski definition) is 1. The SMILES string of the molecule is C=C/N=C(F)\C=C/C. The van der Waals surface area contributed by atoms with Crippen LogP contribution in [0.25, 0.3) is 0 Å². The maximum atomic E-state index is 12.0. The van der Waals surface area contributed by atoms with Gasteiger partial charge in [-0.25, -0.2) is 4.99 Å².